The van der Waals surface area contributed by atoms with E-state index in [1.807, 2.05) is 19.1 Å². The van der Waals surface area contributed by atoms with Gasteiger partial charge in [0.1, 0.15) is 5.01 Å². The Morgan fingerprint density at radius 3 is 2.83 bits per heavy atom. The molecule has 1 N–H and O–H groups in total. The zero-order valence-corrected chi connectivity index (χ0v) is 14.7. The molecule has 0 saturated carbocycles. The van der Waals surface area contributed by atoms with E-state index in [9.17, 15) is 4.79 Å². The second-order valence-electron chi connectivity index (χ2n) is 5.26. The van der Waals surface area contributed by atoms with Crippen molar-refractivity contribution in [2.24, 2.45) is 0 Å². The lowest BCUT2D eigenvalue weighted by molar-refractivity contribution is 0.0954. The van der Waals surface area contributed by atoms with E-state index in [1.165, 1.54) is 0 Å². The first kappa shape index (κ1) is 16.6. The lowest BCUT2D eigenvalue weighted by Gasteiger charge is -2.06. The van der Waals surface area contributed by atoms with Crippen LogP contribution in [0.15, 0.2) is 48.8 Å². The minimum atomic E-state index is -0.157. The van der Waals surface area contributed by atoms with Gasteiger partial charge in [-0.3, -0.25) is 9.78 Å². The zero-order chi connectivity index (χ0) is 16.9. The average molecular weight is 358 g/mol. The SMILES string of the molecule is Cc1nc(-c2cccnc2)sc1CCNC(=O)c1ccccc1Cl. The molecular weight excluding hydrogens is 342 g/mol. The molecule has 122 valence electrons. The molecule has 0 bridgehead atoms. The number of thiazole rings is 1. The third kappa shape index (κ3) is 3.80. The van der Waals surface area contributed by atoms with Gasteiger partial charge in [-0.2, -0.15) is 0 Å². The summed E-state index contributed by atoms with van der Waals surface area (Å²) in [7, 11) is 0. The standard InChI is InChI=1S/C18H16ClN3OS/c1-12-16(24-18(22-12)13-5-4-9-20-11-13)8-10-21-17(23)14-6-2-3-7-15(14)19/h2-7,9,11H,8,10H2,1H3,(H,21,23). The lowest BCUT2D eigenvalue weighted by Crippen LogP contribution is -2.25. The van der Waals surface area contributed by atoms with E-state index in [0.29, 0.717) is 17.1 Å². The zero-order valence-electron chi connectivity index (χ0n) is 13.1. The minimum Gasteiger partial charge on any atom is -0.352 e. The minimum absolute atomic E-state index is 0.157. The fourth-order valence-corrected chi connectivity index (χ4v) is 3.58. The van der Waals surface area contributed by atoms with Crippen LogP contribution in [0.2, 0.25) is 5.02 Å². The van der Waals surface area contributed by atoms with Gasteiger partial charge in [0.25, 0.3) is 5.91 Å². The fourth-order valence-electron chi connectivity index (χ4n) is 2.30. The van der Waals surface area contributed by atoms with Crippen molar-refractivity contribution in [3.05, 3.63) is 69.9 Å². The molecule has 2 heterocycles. The van der Waals surface area contributed by atoms with Gasteiger partial charge in [-0.25, -0.2) is 4.98 Å². The van der Waals surface area contributed by atoms with Crippen molar-refractivity contribution < 1.29 is 4.79 Å². The first-order valence-corrected chi connectivity index (χ1v) is 8.74. The highest BCUT2D eigenvalue weighted by atomic mass is 35.5. The van der Waals surface area contributed by atoms with Crippen molar-refractivity contribution in [2.75, 3.05) is 6.54 Å². The van der Waals surface area contributed by atoms with Crippen molar-refractivity contribution in [1.82, 2.24) is 15.3 Å². The summed E-state index contributed by atoms with van der Waals surface area (Å²) in [4.78, 5) is 22.0. The molecule has 0 aliphatic heterocycles. The highest BCUT2D eigenvalue weighted by Gasteiger charge is 2.12. The number of nitrogens with zero attached hydrogens (tertiary/aromatic N) is 2. The highest BCUT2D eigenvalue weighted by molar-refractivity contribution is 7.15. The Hall–Kier alpha value is -2.24. The normalized spacial score (nSPS) is 10.6. The van der Waals surface area contributed by atoms with Crippen LogP contribution < -0.4 is 5.32 Å². The number of amides is 1. The Morgan fingerprint density at radius 2 is 2.08 bits per heavy atom. The summed E-state index contributed by atoms with van der Waals surface area (Å²) in [5, 5.41) is 4.32. The van der Waals surface area contributed by atoms with Crippen LogP contribution in [-0.4, -0.2) is 22.4 Å². The summed E-state index contributed by atoms with van der Waals surface area (Å²) in [5.41, 5.74) is 2.50. The molecule has 24 heavy (non-hydrogen) atoms. The topological polar surface area (TPSA) is 54.9 Å². The summed E-state index contributed by atoms with van der Waals surface area (Å²) in [6, 6.07) is 10.9. The van der Waals surface area contributed by atoms with Gasteiger partial charge in [0, 0.05) is 35.8 Å². The number of hydrogen-bond acceptors (Lipinski definition) is 4. The molecule has 1 amide bonds. The quantitative estimate of drug-likeness (QED) is 0.746. The molecular formula is C18H16ClN3OS. The number of pyridine rings is 1. The molecule has 6 heteroatoms. The Labute approximate surface area is 149 Å². The van der Waals surface area contributed by atoms with Gasteiger partial charge in [-0.1, -0.05) is 23.7 Å². The third-order valence-corrected chi connectivity index (χ3v) is 5.15. The number of aromatic nitrogens is 2. The van der Waals surface area contributed by atoms with Gasteiger partial charge < -0.3 is 5.32 Å². The number of carbonyl (C=O) groups is 1. The molecule has 0 aliphatic carbocycles. The van der Waals surface area contributed by atoms with Crippen LogP contribution >= 0.6 is 22.9 Å². The van der Waals surface area contributed by atoms with Crippen LogP contribution in [0.1, 0.15) is 20.9 Å². The maximum atomic E-state index is 12.2. The molecule has 0 atom stereocenters. The summed E-state index contributed by atoms with van der Waals surface area (Å²) in [6.45, 7) is 2.53. The van der Waals surface area contributed by atoms with Crippen molar-refractivity contribution in [3.8, 4) is 10.6 Å². The Balaban J connectivity index is 1.62. The van der Waals surface area contributed by atoms with E-state index in [2.05, 4.69) is 15.3 Å². The average Bonchev–Trinajstić information content (AvgIpc) is 2.97. The number of nitrogens with one attached hydrogen (secondary N) is 1. The molecule has 0 aliphatic rings. The van der Waals surface area contributed by atoms with Crippen LogP contribution in [-0.2, 0) is 6.42 Å². The van der Waals surface area contributed by atoms with E-state index in [0.717, 1.165) is 27.6 Å². The molecule has 1 aromatic carbocycles. The number of rotatable bonds is 5. The maximum Gasteiger partial charge on any atom is 0.252 e. The second kappa shape index (κ2) is 7.55. The number of aryl methyl sites for hydroxylation is 1. The van der Waals surface area contributed by atoms with Crippen LogP contribution in [0.5, 0.6) is 0 Å². The monoisotopic (exact) mass is 357 g/mol. The molecule has 0 spiro atoms. The molecule has 3 aromatic rings. The summed E-state index contributed by atoms with van der Waals surface area (Å²) in [6.07, 6.45) is 4.29. The van der Waals surface area contributed by atoms with Crippen molar-refractivity contribution in [3.63, 3.8) is 0 Å². The van der Waals surface area contributed by atoms with Gasteiger partial charge in [0.2, 0.25) is 0 Å². The van der Waals surface area contributed by atoms with Gasteiger partial charge in [-0.15, -0.1) is 11.3 Å². The first-order chi connectivity index (χ1) is 11.6. The molecule has 0 unspecified atom stereocenters. The predicted octanol–water partition coefficient (Wildman–Crippen LogP) is 4.14. The predicted molar refractivity (Wildman–Crippen MR) is 97.6 cm³/mol. The summed E-state index contributed by atoms with van der Waals surface area (Å²) in [5.74, 6) is -0.157. The van der Waals surface area contributed by atoms with Crippen LogP contribution in [0.4, 0.5) is 0 Å². The molecule has 0 radical (unpaired) electrons. The van der Waals surface area contributed by atoms with E-state index < -0.39 is 0 Å². The highest BCUT2D eigenvalue weighted by Crippen LogP contribution is 2.27. The van der Waals surface area contributed by atoms with Crippen LogP contribution in [0, 0.1) is 6.92 Å². The Bertz CT molecular complexity index is 848. The van der Waals surface area contributed by atoms with Crippen molar-refractivity contribution in [2.45, 2.75) is 13.3 Å². The first-order valence-electron chi connectivity index (χ1n) is 7.54. The largest absolute Gasteiger partial charge is 0.352 e. The smallest absolute Gasteiger partial charge is 0.252 e. The van der Waals surface area contributed by atoms with E-state index >= 15 is 0 Å². The van der Waals surface area contributed by atoms with Gasteiger partial charge >= 0.3 is 0 Å². The lowest BCUT2D eigenvalue weighted by atomic mass is 10.2. The molecule has 0 saturated heterocycles. The summed E-state index contributed by atoms with van der Waals surface area (Å²) >= 11 is 7.67. The number of halogens is 1. The van der Waals surface area contributed by atoms with Gasteiger partial charge in [0.05, 0.1) is 16.3 Å². The molecule has 0 fully saturated rings. The van der Waals surface area contributed by atoms with E-state index in [1.54, 1.807) is 48.0 Å². The third-order valence-electron chi connectivity index (χ3n) is 3.56. The van der Waals surface area contributed by atoms with Gasteiger partial charge in [-0.05, 0) is 31.2 Å². The molecule has 3 rings (SSSR count). The van der Waals surface area contributed by atoms with Crippen LogP contribution in [0.25, 0.3) is 10.6 Å². The molecule has 4 nitrogen and oxygen atoms in total. The van der Waals surface area contributed by atoms with Crippen molar-refractivity contribution in [1.29, 1.82) is 0 Å². The number of carbonyl (C=O) groups excluding carboxylic acids is 1. The number of benzene rings is 1. The maximum absolute atomic E-state index is 12.2. The Morgan fingerprint density at radius 1 is 1.25 bits per heavy atom. The number of hydrogen-bond donors (Lipinski definition) is 1. The molecule has 2 aromatic heterocycles. The van der Waals surface area contributed by atoms with E-state index in [-0.39, 0.29) is 5.91 Å². The van der Waals surface area contributed by atoms with E-state index in [4.69, 9.17) is 11.6 Å². The van der Waals surface area contributed by atoms with Crippen LogP contribution in [0.3, 0.4) is 0 Å². The van der Waals surface area contributed by atoms with Gasteiger partial charge in [0.15, 0.2) is 0 Å². The Kier molecular flexibility index (Phi) is 5.23. The second-order valence-corrected chi connectivity index (χ2v) is 6.75. The van der Waals surface area contributed by atoms with Crippen molar-refractivity contribution >= 4 is 28.8 Å². The summed E-state index contributed by atoms with van der Waals surface area (Å²) < 4.78 is 0. The fraction of sp³-hybridized carbons (Fsp3) is 0.167.